The molecular formula is C14H17N3O5. The predicted octanol–water partition coefficient (Wildman–Crippen LogP) is 0.193. The first-order valence-electron chi connectivity index (χ1n) is 6.75. The minimum Gasteiger partial charge on any atom is -0.452 e. The lowest BCUT2D eigenvalue weighted by Crippen LogP contribution is -2.42. The molecule has 8 heteroatoms. The first-order chi connectivity index (χ1) is 10.6. The van der Waals surface area contributed by atoms with Crippen molar-refractivity contribution in [2.24, 2.45) is 5.73 Å². The van der Waals surface area contributed by atoms with Crippen molar-refractivity contribution in [2.45, 2.75) is 0 Å². The fourth-order valence-electron chi connectivity index (χ4n) is 1.95. The zero-order valence-electron chi connectivity index (χ0n) is 11.9. The third kappa shape index (κ3) is 4.45. The number of hydrogen-bond acceptors (Lipinski definition) is 5. The van der Waals surface area contributed by atoms with E-state index in [1.54, 1.807) is 4.90 Å². The van der Waals surface area contributed by atoms with Gasteiger partial charge in [0.25, 0.3) is 5.91 Å². The van der Waals surface area contributed by atoms with Crippen molar-refractivity contribution < 1.29 is 23.9 Å². The Morgan fingerprint density at radius 2 is 1.82 bits per heavy atom. The molecule has 3 amide bonds. The standard InChI is InChI=1S/C14H17N3O5/c15-14(20)16-11-3-1-10(2-4-11)13(19)22-9-12(18)17-5-7-21-8-6-17/h1-4H,5-9H2,(H3,15,16,20). The Balaban J connectivity index is 1.83. The van der Waals surface area contributed by atoms with Crippen molar-refractivity contribution >= 4 is 23.6 Å². The second-order valence-corrected chi connectivity index (χ2v) is 4.64. The molecule has 0 unspecified atom stereocenters. The Bertz CT molecular complexity index is 552. The van der Waals surface area contributed by atoms with Gasteiger partial charge in [-0.1, -0.05) is 0 Å². The number of benzene rings is 1. The number of nitrogens with one attached hydrogen (secondary N) is 1. The van der Waals surface area contributed by atoms with Gasteiger partial charge in [0.15, 0.2) is 6.61 Å². The first kappa shape index (κ1) is 15.8. The fourth-order valence-corrected chi connectivity index (χ4v) is 1.95. The van der Waals surface area contributed by atoms with Crippen LogP contribution in [0.5, 0.6) is 0 Å². The van der Waals surface area contributed by atoms with Crippen molar-refractivity contribution in [3.8, 4) is 0 Å². The lowest BCUT2D eigenvalue weighted by molar-refractivity contribution is -0.138. The summed E-state index contributed by atoms with van der Waals surface area (Å²) in [5, 5.41) is 2.38. The fraction of sp³-hybridized carbons (Fsp3) is 0.357. The lowest BCUT2D eigenvalue weighted by atomic mass is 10.2. The third-order valence-electron chi connectivity index (χ3n) is 3.08. The van der Waals surface area contributed by atoms with Gasteiger partial charge < -0.3 is 25.4 Å². The Labute approximate surface area is 127 Å². The van der Waals surface area contributed by atoms with Crippen molar-refractivity contribution in [2.75, 3.05) is 38.2 Å². The summed E-state index contributed by atoms with van der Waals surface area (Å²) in [6, 6.07) is 5.31. The topological polar surface area (TPSA) is 111 Å². The molecule has 0 aromatic heterocycles. The van der Waals surface area contributed by atoms with E-state index in [-0.39, 0.29) is 18.1 Å². The van der Waals surface area contributed by atoms with Crippen LogP contribution in [-0.4, -0.2) is 55.7 Å². The summed E-state index contributed by atoms with van der Waals surface area (Å²) in [6.45, 7) is 1.69. The van der Waals surface area contributed by atoms with Crippen LogP contribution in [0.25, 0.3) is 0 Å². The molecule has 0 spiro atoms. The van der Waals surface area contributed by atoms with E-state index in [1.165, 1.54) is 24.3 Å². The van der Waals surface area contributed by atoms with E-state index in [2.05, 4.69) is 5.32 Å². The van der Waals surface area contributed by atoms with E-state index in [1.807, 2.05) is 0 Å². The number of anilines is 1. The highest BCUT2D eigenvalue weighted by atomic mass is 16.5. The van der Waals surface area contributed by atoms with Gasteiger partial charge in [-0.25, -0.2) is 9.59 Å². The number of carbonyl (C=O) groups excluding carboxylic acids is 3. The molecule has 0 atom stereocenters. The van der Waals surface area contributed by atoms with Crippen LogP contribution in [0.3, 0.4) is 0 Å². The molecule has 8 nitrogen and oxygen atoms in total. The van der Waals surface area contributed by atoms with E-state index in [0.717, 1.165) is 0 Å². The van der Waals surface area contributed by atoms with Gasteiger partial charge in [0.2, 0.25) is 0 Å². The number of nitrogens with zero attached hydrogens (tertiary/aromatic N) is 1. The number of esters is 1. The van der Waals surface area contributed by atoms with Crippen molar-refractivity contribution in [1.29, 1.82) is 0 Å². The summed E-state index contributed by atoms with van der Waals surface area (Å²) in [6.07, 6.45) is 0. The van der Waals surface area contributed by atoms with Crippen LogP contribution in [0.4, 0.5) is 10.5 Å². The smallest absolute Gasteiger partial charge is 0.338 e. The van der Waals surface area contributed by atoms with Crippen LogP contribution < -0.4 is 11.1 Å². The summed E-state index contributed by atoms with van der Waals surface area (Å²) in [7, 11) is 0. The van der Waals surface area contributed by atoms with Crippen molar-refractivity contribution in [3.63, 3.8) is 0 Å². The molecule has 2 rings (SSSR count). The molecule has 1 aromatic rings. The summed E-state index contributed by atoms with van der Waals surface area (Å²) < 4.78 is 10.1. The third-order valence-corrected chi connectivity index (χ3v) is 3.08. The van der Waals surface area contributed by atoms with Gasteiger partial charge in [-0.15, -0.1) is 0 Å². The second-order valence-electron chi connectivity index (χ2n) is 4.64. The molecule has 118 valence electrons. The molecule has 0 saturated carbocycles. The average molecular weight is 307 g/mol. The minimum absolute atomic E-state index is 0.247. The molecule has 1 aromatic carbocycles. The highest BCUT2D eigenvalue weighted by Gasteiger charge is 2.18. The number of ether oxygens (including phenoxy) is 2. The van der Waals surface area contributed by atoms with Crippen LogP contribution in [0, 0.1) is 0 Å². The van der Waals surface area contributed by atoms with Gasteiger partial charge in [-0.2, -0.15) is 0 Å². The molecule has 22 heavy (non-hydrogen) atoms. The van der Waals surface area contributed by atoms with Gasteiger partial charge in [0, 0.05) is 18.8 Å². The zero-order chi connectivity index (χ0) is 15.9. The molecule has 1 heterocycles. The van der Waals surface area contributed by atoms with Crippen LogP contribution in [-0.2, 0) is 14.3 Å². The van der Waals surface area contributed by atoms with Gasteiger partial charge >= 0.3 is 12.0 Å². The lowest BCUT2D eigenvalue weighted by Gasteiger charge is -2.26. The maximum absolute atomic E-state index is 11.8. The van der Waals surface area contributed by atoms with Crippen LogP contribution in [0.2, 0.25) is 0 Å². The summed E-state index contributed by atoms with van der Waals surface area (Å²) in [4.78, 5) is 36.0. The van der Waals surface area contributed by atoms with Gasteiger partial charge in [-0.05, 0) is 24.3 Å². The molecule has 0 aliphatic carbocycles. The predicted molar refractivity (Wildman–Crippen MR) is 77.3 cm³/mol. The maximum Gasteiger partial charge on any atom is 0.338 e. The summed E-state index contributed by atoms with van der Waals surface area (Å²) >= 11 is 0. The molecule has 1 fully saturated rings. The van der Waals surface area contributed by atoms with E-state index in [9.17, 15) is 14.4 Å². The highest BCUT2D eigenvalue weighted by molar-refractivity contribution is 5.93. The number of carbonyl (C=O) groups is 3. The van der Waals surface area contributed by atoms with E-state index >= 15 is 0 Å². The quantitative estimate of drug-likeness (QED) is 0.772. The largest absolute Gasteiger partial charge is 0.452 e. The van der Waals surface area contributed by atoms with Crippen LogP contribution in [0.1, 0.15) is 10.4 Å². The number of urea groups is 1. The Hall–Kier alpha value is -2.61. The van der Waals surface area contributed by atoms with Crippen LogP contribution >= 0.6 is 0 Å². The Kier molecular flexibility index (Phi) is 5.31. The molecular weight excluding hydrogens is 290 g/mol. The van der Waals surface area contributed by atoms with Gasteiger partial charge in [-0.3, -0.25) is 4.79 Å². The number of nitrogens with two attached hydrogens (primary N) is 1. The Morgan fingerprint density at radius 1 is 1.18 bits per heavy atom. The number of primary amides is 1. The minimum atomic E-state index is -0.688. The van der Waals surface area contributed by atoms with E-state index < -0.39 is 12.0 Å². The van der Waals surface area contributed by atoms with Crippen LogP contribution in [0.15, 0.2) is 24.3 Å². The number of morpholine rings is 1. The molecule has 3 N–H and O–H groups in total. The summed E-state index contributed by atoms with van der Waals surface area (Å²) in [5.74, 6) is -0.851. The highest BCUT2D eigenvalue weighted by Crippen LogP contribution is 2.10. The van der Waals surface area contributed by atoms with E-state index in [4.69, 9.17) is 15.2 Å². The van der Waals surface area contributed by atoms with E-state index in [0.29, 0.717) is 32.0 Å². The second kappa shape index (κ2) is 7.41. The Morgan fingerprint density at radius 3 is 2.41 bits per heavy atom. The number of rotatable bonds is 4. The number of hydrogen-bond donors (Lipinski definition) is 2. The van der Waals surface area contributed by atoms with Crippen molar-refractivity contribution in [1.82, 2.24) is 4.90 Å². The number of amides is 3. The van der Waals surface area contributed by atoms with Gasteiger partial charge in [0.05, 0.1) is 18.8 Å². The SMILES string of the molecule is NC(=O)Nc1ccc(C(=O)OCC(=O)N2CCOCC2)cc1. The normalized spacial score (nSPS) is 14.3. The zero-order valence-corrected chi connectivity index (χ0v) is 11.9. The summed E-state index contributed by atoms with van der Waals surface area (Å²) in [5.41, 5.74) is 5.73. The first-order valence-corrected chi connectivity index (χ1v) is 6.75. The maximum atomic E-state index is 11.8. The molecule has 0 radical (unpaired) electrons. The monoisotopic (exact) mass is 307 g/mol. The molecule has 0 bridgehead atoms. The van der Waals surface area contributed by atoms with Gasteiger partial charge in [0.1, 0.15) is 0 Å². The average Bonchev–Trinajstić information content (AvgIpc) is 2.53. The molecule has 1 saturated heterocycles. The molecule has 1 aliphatic heterocycles. The molecule has 1 aliphatic rings. The van der Waals surface area contributed by atoms with Crippen molar-refractivity contribution in [3.05, 3.63) is 29.8 Å².